The van der Waals surface area contributed by atoms with Gasteiger partial charge >= 0.3 is 5.97 Å². The summed E-state index contributed by atoms with van der Waals surface area (Å²) in [6.45, 7) is 4.99. The summed E-state index contributed by atoms with van der Waals surface area (Å²) in [5, 5.41) is 3.15. The lowest BCUT2D eigenvalue weighted by Crippen LogP contribution is -2.08. The Kier molecular flexibility index (Phi) is 5.32. The van der Waals surface area contributed by atoms with Crippen LogP contribution >= 0.6 is 0 Å². The monoisotopic (exact) mass is 222 g/mol. The first-order valence-corrected chi connectivity index (χ1v) is 5.54. The second-order valence-electron chi connectivity index (χ2n) is 3.56. The van der Waals surface area contributed by atoms with Gasteiger partial charge in [-0.1, -0.05) is 6.07 Å². The fraction of sp³-hybridized carbons (Fsp3) is 0.500. The van der Waals surface area contributed by atoms with E-state index in [-0.39, 0.29) is 5.97 Å². The molecule has 0 amide bonds. The van der Waals surface area contributed by atoms with Gasteiger partial charge in [-0.3, -0.25) is 4.79 Å². The smallest absolute Gasteiger partial charge is 0.305 e. The van der Waals surface area contributed by atoms with E-state index in [0.29, 0.717) is 13.0 Å². The van der Waals surface area contributed by atoms with Crippen LogP contribution in [-0.2, 0) is 9.53 Å². The summed E-state index contributed by atoms with van der Waals surface area (Å²) in [5.41, 5.74) is 1.14. The fourth-order valence-corrected chi connectivity index (χ4v) is 1.25. The zero-order valence-corrected chi connectivity index (χ0v) is 9.82. The van der Waals surface area contributed by atoms with Crippen LogP contribution in [0, 0.1) is 6.92 Å². The predicted molar refractivity (Wildman–Crippen MR) is 63.3 cm³/mol. The number of rotatable bonds is 6. The van der Waals surface area contributed by atoms with Gasteiger partial charge in [0, 0.05) is 19.2 Å². The number of esters is 1. The summed E-state index contributed by atoms with van der Waals surface area (Å²) in [4.78, 5) is 15.2. The van der Waals surface area contributed by atoms with Gasteiger partial charge in [-0.25, -0.2) is 4.98 Å². The molecular formula is C12H18N2O2. The summed E-state index contributed by atoms with van der Waals surface area (Å²) < 4.78 is 4.83. The summed E-state index contributed by atoms with van der Waals surface area (Å²) in [5.74, 6) is 0.704. The number of ether oxygens (including phenoxy) is 1. The number of aromatic nitrogens is 1. The standard InChI is InChI=1S/C12H18N2O2/c1-3-16-12(15)5-4-8-13-11-7-6-10(2)9-14-11/h6-7,9H,3-5,8H2,1-2H3,(H,13,14). The highest BCUT2D eigenvalue weighted by molar-refractivity contribution is 5.69. The first-order valence-electron chi connectivity index (χ1n) is 5.54. The third kappa shape index (κ3) is 4.77. The Hall–Kier alpha value is -1.58. The molecule has 0 aliphatic rings. The maximum atomic E-state index is 11.0. The van der Waals surface area contributed by atoms with E-state index in [4.69, 9.17) is 4.74 Å². The van der Waals surface area contributed by atoms with Crippen molar-refractivity contribution in [3.8, 4) is 0 Å². The highest BCUT2D eigenvalue weighted by Gasteiger charge is 2.00. The molecular weight excluding hydrogens is 204 g/mol. The lowest BCUT2D eigenvalue weighted by atomic mass is 10.3. The number of anilines is 1. The van der Waals surface area contributed by atoms with Crippen LogP contribution in [0.15, 0.2) is 18.3 Å². The highest BCUT2D eigenvalue weighted by Crippen LogP contribution is 2.04. The molecule has 0 radical (unpaired) electrons. The lowest BCUT2D eigenvalue weighted by molar-refractivity contribution is -0.143. The van der Waals surface area contributed by atoms with Crippen molar-refractivity contribution >= 4 is 11.8 Å². The molecule has 1 N–H and O–H groups in total. The summed E-state index contributed by atoms with van der Waals surface area (Å²) in [6, 6.07) is 3.93. The average Bonchev–Trinajstić information content (AvgIpc) is 2.27. The van der Waals surface area contributed by atoms with Gasteiger partial charge in [-0.15, -0.1) is 0 Å². The van der Waals surface area contributed by atoms with Crippen molar-refractivity contribution in [1.82, 2.24) is 4.98 Å². The Morgan fingerprint density at radius 1 is 1.50 bits per heavy atom. The number of carbonyl (C=O) groups is 1. The molecule has 1 heterocycles. The normalized spacial score (nSPS) is 9.88. The first-order chi connectivity index (χ1) is 7.72. The molecule has 0 spiro atoms. The largest absolute Gasteiger partial charge is 0.466 e. The van der Waals surface area contributed by atoms with E-state index < -0.39 is 0 Å². The molecule has 0 aromatic carbocycles. The molecule has 0 saturated heterocycles. The van der Waals surface area contributed by atoms with Crippen LogP contribution in [0.4, 0.5) is 5.82 Å². The minimum absolute atomic E-state index is 0.138. The Morgan fingerprint density at radius 2 is 2.31 bits per heavy atom. The number of nitrogens with one attached hydrogen (secondary N) is 1. The molecule has 88 valence electrons. The van der Waals surface area contributed by atoms with Gasteiger partial charge in [0.1, 0.15) is 5.82 Å². The van der Waals surface area contributed by atoms with Crippen molar-refractivity contribution in [3.05, 3.63) is 23.9 Å². The second-order valence-corrected chi connectivity index (χ2v) is 3.56. The summed E-state index contributed by atoms with van der Waals surface area (Å²) in [7, 11) is 0. The molecule has 0 fully saturated rings. The van der Waals surface area contributed by atoms with Crippen LogP contribution in [0.2, 0.25) is 0 Å². The van der Waals surface area contributed by atoms with Crippen molar-refractivity contribution in [1.29, 1.82) is 0 Å². The molecule has 4 nitrogen and oxygen atoms in total. The SMILES string of the molecule is CCOC(=O)CCCNc1ccc(C)cn1. The number of hydrogen-bond donors (Lipinski definition) is 1. The van der Waals surface area contributed by atoms with Gasteiger partial charge in [0.15, 0.2) is 0 Å². The van der Waals surface area contributed by atoms with Crippen LogP contribution in [-0.4, -0.2) is 24.1 Å². The lowest BCUT2D eigenvalue weighted by Gasteiger charge is -2.05. The molecule has 0 aliphatic heterocycles. The van der Waals surface area contributed by atoms with E-state index in [1.807, 2.05) is 32.2 Å². The van der Waals surface area contributed by atoms with Crippen LogP contribution in [0.25, 0.3) is 0 Å². The van der Waals surface area contributed by atoms with Crippen molar-refractivity contribution in [2.75, 3.05) is 18.5 Å². The molecule has 16 heavy (non-hydrogen) atoms. The third-order valence-corrected chi connectivity index (χ3v) is 2.08. The molecule has 1 aromatic rings. The van der Waals surface area contributed by atoms with Crippen molar-refractivity contribution in [2.45, 2.75) is 26.7 Å². The number of nitrogens with zero attached hydrogens (tertiary/aromatic N) is 1. The summed E-state index contributed by atoms with van der Waals surface area (Å²) >= 11 is 0. The maximum absolute atomic E-state index is 11.0. The van der Waals surface area contributed by atoms with Crippen LogP contribution in [0.3, 0.4) is 0 Å². The van der Waals surface area contributed by atoms with E-state index in [9.17, 15) is 4.79 Å². The molecule has 0 unspecified atom stereocenters. The van der Waals surface area contributed by atoms with Crippen LogP contribution in [0.1, 0.15) is 25.3 Å². The Bertz CT molecular complexity index is 322. The van der Waals surface area contributed by atoms with Gasteiger partial charge in [0.25, 0.3) is 0 Å². The van der Waals surface area contributed by atoms with E-state index in [2.05, 4.69) is 10.3 Å². The second kappa shape index (κ2) is 6.82. The minimum Gasteiger partial charge on any atom is -0.466 e. The van der Waals surface area contributed by atoms with Gasteiger partial charge in [-0.05, 0) is 31.9 Å². The number of hydrogen-bond acceptors (Lipinski definition) is 4. The Balaban J connectivity index is 2.16. The molecule has 4 heteroatoms. The van der Waals surface area contributed by atoms with Crippen molar-refractivity contribution in [2.24, 2.45) is 0 Å². The molecule has 0 saturated carbocycles. The molecule has 0 aliphatic carbocycles. The fourth-order valence-electron chi connectivity index (χ4n) is 1.25. The highest BCUT2D eigenvalue weighted by atomic mass is 16.5. The average molecular weight is 222 g/mol. The number of pyridine rings is 1. The Labute approximate surface area is 96.0 Å². The van der Waals surface area contributed by atoms with E-state index in [1.54, 1.807) is 0 Å². The van der Waals surface area contributed by atoms with Gasteiger partial charge < -0.3 is 10.1 Å². The van der Waals surface area contributed by atoms with E-state index in [1.165, 1.54) is 0 Å². The molecule has 0 atom stereocenters. The van der Waals surface area contributed by atoms with Crippen LogP contribution < -0.4 is 5.32 Å². The van der Waals surface area contributed by atoms with E-state index >= 15 is 0 Å². The van der Waals surface area contributed by atoms with Crippen LogP contribution in [0.5, 0.6) is 0 Å². The van der Waals surface area contributed by atoms with Gasteiger partial charge in [0.05, 0.1) is 6.61 Å². The van der Waals surface area contributed by atoms with Crippen molar-refractivity contribution < 1.29 is 9.53 Å². The van der Waals surface area contributed by atoms with Crippen molar-refractivity contribution in [3.63, 3.8) is 0 Å². The number of carbonyl (C=O) groups excluding carboxylic acids is 1. The first kappa shape index (κ1) is 12.5. The zero-order chi connectivity index (χ0) is 11.8. The van der Waals surface area contributed by atoms with Gasteiger partial charge in [-0.2, -0.15) is 0 Å². The van der Waals surface area contributed by atoms with Gasteiger partial charge in [0.2, 0.25) is 0 Å². The Morgan fingerprint density at radius 3 is 2.94 bits per heavy atom. The molecule has 1 aromatic heterocycles. The summed E-state index contributed by atoms with van der Waals surface area (Å²) in [6.07, 6.45) is 3.02. The topological polar surface area (TPSA) is 51.2 Å². The predicted octanol–water partition coefficient (Wildman–Crippen LogP) is 2.15. The molecule has 0 bridgehead atoms. The third-order valence-electron chi connectivity index (χ3n) is 2.08. The quantitative estimate of drug-likeness (QED) is 0.592. The minimum atomic E-state index is -0.138. The maximum Gasteiger partial charge on any atom is 0.305 e. The molecule has 1 rings (SSSR count). The number of aryl methyl sites for hydroxylation is 1. The zero-order valence-electron chi connectivity index (χ0n) is 9.82. The van der Waals surface area contributed by atoms with E-state index in [0.717, 1.165) is 24.3 Å².